The lowest BCUT2D eigenvalue weighted by Gasteiger charge is -2.34. The predicted molar refractivity (Wildman–Crippen MR) is 167 cm³/mol. The number of sulfonamides is 1. The quantitative estimate of drug-likeness (QED) is 0.311. The number of likely N-dealkylation sites (N-methyl/N-ethyl adjacent to an activating group) is 1. The van der Waals surface area contributed by atoms with E-state index in [2.05, 4.69) is 54.6 Å². The summed E-state index contributed by atoms with van der Waals surface area (Å²) < 4.78 is 28.8. The zero-order valence-corrected chi connectivity index (χ0v) is 25.0. The van der Waals surface area contributed by atoms with Crippen LogP contribution in [0.3, 0.4) is 0 Å². The first-order valence-electron chi connectivity index (χ1n) is 14.4. The van der Waals surface area contributed by atoms with Crippen molar-refractivity contribution in [3.05, 3.63) is 84.3 Å². The van der Waals surface area contributed by atoms with Gasteiger partial charge in [-0.25, -0.2) is 18.4 Å². The van der Waals surface area contributed by atoms with E-state index in [-0.39, 0.29) is 23.3 Å². The van der Waals surface area contributed by atoms with Crippen molar-refractivity contribution in [2.75, 3.05) is 54.3 Å². The lowest BCUT2D eigenvalue weighted by molar-refractivity contribution is 0.0951. The van der Waals surface area contributed by atoms with E-state index in [1.165, 1.54) is 10.5 Å². The third kappa shape index (κ3) is 5.88. The van der Waals surface area contributed by atoms with E-state index in [1.807, 2.05) is 25.1 Å². The minimum atomic E-state index is -3.94. The van der Waals surface area contributed by atoms with Gasteiger partial charge in [0.05, 0.1) is 17.6 Å². The van der Waals surface area contributed by atoms with Crippen molar-refractivity contribution in [3.8, 4) is 11.3 Å². The molecule has 0 saturated carbocycles. The molecule has 6 rings (SSSR count). The number of rotatable bonds is 8. The molecule has 222 valence electrons. The van der Waals surface area contributed by atoms with Crippen LogP contribution in [0.25, 0.3) is 11.3 Å². The number of pyridine rings is 1. The second-order valence-electron chi connectivity index (χ2n) is 10.7. The van der Waals surface area contributed by atoms with Crippen molar-refractivity contribution < 1.29 is 13.2 Å². The molecule has 4 aromatic rings. The summed E-state index contributed by atoms with van der Waals surface area (Å²) in [6, 6.07) is 16.8. The second-order valence-corrected chi connectivity index (χ2v) is 12.6. The van der Waals surface area contributed by atoms with Crippen LogP contribution < -0.4 is 19.8 Å². The molecular weight excluding hydrogens is 564 g/mol. The van der Waals surface area contributed by atoms with Crippen LogP contribution in [0.4, 0.5) is 23.0 Å². The summed E-state index contributed by atoms with van der Waals surface area (Å²) >= 11 is 0. The summed E-state index contributed by atoms with van der Waals surface area (Å²) in [4.78, 5) is 30.8. The lowest BCUT2D eigenvalue weighted by Crippen LogP contribution is -2.44. The van der Waals surface area contributed by atoms with E-state index in [0.717, 1.165) is 43.1 Å². The first-order valence-corrected chi connectivity index (χ1v) is 15.8. The fourth-order valence-electron chi connectivity index (χ4n) is 5.32. The molecule has 2 aliphatic heterocycles. The van der Waals surface area contributed by atoms with Crippen molar-refractivity contribution in [2.45, 2.75) is 24.8 Å². The molecule has 2 aromatic heterocycles. The molecule has 4 heterocycles. The Morgan fingerprint density at radius 3 is 2.51 bits per heavy atom. The summed E-state index contributed by atoms with van der Waals surface area (Å²) in [5.74, 6) is -0.0224. The fourth-order valence-corrected chi connectivity index (χ4v) is 6.98. The average Bonchev–Trinajstić information content (AvgIpc) is 3.03. The molecule has 0 atom stereocenters. The fraction of sp³-hybridized carbons (Fsp3) is 0.290. The van der Waals surface area contributed by atoms with E-state index in [9.17, 15) is 13.2 Å². The SMILES string of the molecule is CCCN1c2cc(C(=O)NCc3cccnc3)ccc2-c2nc(Nc3ccc(N4CCN(C)CC4)cc3)ncc2S1(=O)=O. The van der Waals surface area contributed by atoms with Gasteiger partial charge >= 0.3 is 0 Å². The van der Waals surface area contributed by atoms with Gasteiger partial charge in [-0.2, -0.15) is 0 Å². The van der Waals surface area contributed by atoms with Crippen LogP contribution in [0.5, 0.6) is 0 Å². The minimum Gasteiger partial charge on any atom is -0.369 e. The smallest absolute Gasteiger partial charge is 0.268 e. The molecular formula is C31H34N8O3S. The number of carbonyl (C=O) groups excluding carboxylic acids is 1. The van der Waals surface area contributed by atoms with Crippen molar-refractivity contribution in [3.63, 3.8) is 0 Å². The van der Waals surface area contributed by atoms with Crippen molar-refractivity contribution in [2.24, 2.45) is 0 Å². The van der Waals surface area contributed by atoms with Crippen molar-refractivity contribution >= 4 is 38.9 Å². The van der Waals surface area contributed by atoms with Gasteiger partial charge in [-0.1, -0.05) is 13.0 Å². The third-order valence-corrected chi connectivity index (χ3v) is 9.52. The molecule has 2 aromatic carbocycles. The molecule has 43 heavy (non-hydrogen) atoms. The summed E-state index contributed by atoms with van der Waals surface area (Å²) in [7, 11) is -1.80. The van der Waals surface area contributed by atoms with E-state index >= 15 is 0 Å². The Morgan fingerprint density at radius 2 is 1.79 bits per heavy atom. The predicted octanol–water partition coefficient (Wildman–Crippen LogP) is 3.88. The summed E-state index contributed by atoms with van der Waals surface area (Å²) in [6.07, 6.45) is 5.31. The van der Waals surface area contributed by atoms with Crippen molar-refractivity contribution in [1.82, 2.24) is 25.2 Å². The molecule has 1 amide bonds. The van der Waals surface area contributed by atoms with E-state index in [0.29, 0.717) is 35.5 Å². The van der Waals surface area contributed by atoms with Gasteiger partial charge in [0.2, 0.25) is 5.95 Å². The maximum atomic E-state index is 13.7. The Balaban J connectivity index is 1.27. The van der Waals surface area contributed by atoms with Crippen LogP contribution in [-0.4, -0.2) is 73.9 Å². The number of piperazine rings is 1. The van der Waals surface area contributed by atoms with E-state index in [4.69, 9.17) is 0 Å². The molecule has 2 N–H and O–H groups in total. The number of anilines is 4. The Morgan fingerprint density at radius 1 is 1.00 bits per heavy atom. The highest BCUT2D eigenvalue weighted by Gasteiger charge is 2.36. The Bertz CT molecular complexity index is 1720. The van der Waals surface area contributed by atoms with Crippen LogP contribution in [0.1, 0.15) is 29.3 Å². The number of nitrogens with zero attached hydrogens (tertiary/aromatic N) is 6. The second kappa shape index (κ2) is 12.0. The minimum absolute atomic E-state index is 0.0400. The Labute approximate surface area is 251 Å². The van der Waals surface area contributed by atoms with Crippen molar-refractivity contribution in [1.29, 1.82) is 0 Å². The van der Waals surface area contributed by atoms with Crippen LogP contribution in [0, 0.1) is 0 Å². The van der Waals surface area contributed by atoms with Crippen LogP contribution in [-0.2, 0) is 16.6 Å². The summed E-state index contributed by atoms with van der Waals surface area (Å²) in [6.45, 7) is 6.49. The highest BCUT2D eigenvalue weighted by molar-refractivity contribution is 7.93. The molecule has 12 heteroatoms. The molecule has 0 unspecified atom stereocenters. The Kier molecular flexibility index (Phi) is 7.96. The van der Waals surface area contributed by atoms with Gasteiger partial charge in [0.15, 0.2) is 0 Å². The van der Waals surface area contributed by atoms with Crippen LogP contribution >= 0.6 is 0 Å². The van der Waals surface area contributed by atoms with E-state index < -0.39 is 10.0 Å². The number of fused-ring (bicyclic) bond motifs is 3. The molecule has 11 nitrogen and oxygen atoms in total. The number of amides is 1. The topological polar surface area (TPSA) is 124 Å². The van der Waals surface area contributed by atoms with Gasteiger partial charge in [-0.15, -0.1) is 0 Å². The third-order valence-electron chi connectivity index (χ3n) is 7.70. The first kappa shape index (κ1) is 28.6. The Hall–Kier alpha value is -4.55. The van der Waals surface area contributed by atoms with Gasteiger partial charge < -0.3 is 20.4 Å². The largest absolute Gasteiger partial charge is 0.369 e. The van der Waals surface area contributed by atoms with Gasteiger partial charge in [-0.3, -0.25) is 14.1 Å². The summed E-state index contributed by atoms with van der Waals surface area (Å²) in [5, 5.41) is 6.11. The zero-order chi connectivity index (χ0) is 30.0. The number of nitrogens with one attached hydrogen (secondary N) is 2. The number of hydrogen-bond acceptors (Lipinski definition) is 9. The number of benzene rings is 2. The highest BCUT2D eigenvalue weighted by Crippen LogP contribution is 2.42. The molecule has 2 aliphatic rings. The van der Waals surface area contributed by atoms with Crippen LogP contribution in [0.2, 0.25) is 0 Å². The van der Waals surface area contributed by atoms with Gasteiger partial charge in [0.1, 0.15) is 4.90 Å². The number of carbonyl (C=O) groups is 1. The molecule has 0 spiro atoms. The molecule has 1 fully saturated rings. The molecule has 0 aliphatic carbocycles. The number of hydrogen-bond donors (Lipinski definition) is 2. The average molecular weight is 599 g/mol. The lowest BCUT2D eigenvalue weighted by atomic mass is 10.0. The van der Waals surface area contributed by atoms with E-state index in [1.54, 1.807) is 36.7 Å². The highest BCUT2D eigenvalue weighted by atomic mass is 32.2. The number of aromatic nitrogens is 3. The van der Waals surface area contributed by atoms with Gasteiger partial charge in [0.25, 0.3) is 15.9 Å². The monoisotopic (exact) mass is 598 g/mol. The normalized spacial score (nSPS) is 15.9. The standard InChI is InChI=1S/C31H34N8O3S/c1-3-13-39-27-18-23(30(40)33-20-22-5-4-12-32-19-22)6-11-26(27)29-28(43(39,41)42)21-34-31(36-29)35-24-7-9-25(10-8-24)38-16-14-37(2)15-17-38/h4-12,18-19,21H,3,13-17,20H2,1-2H3,(H,33,40)(H,34,35,36). The van der Waals surface area contributed by atoms with Crippen LogP contribution in [0.15, 0.2) is 78.1 Å². The van der Waals surface area contributed by atoms with Gasteiger partial charge in [-0.05, 0) is 67.6 Å². The summed E-state index contributed by atoms with van der Waals surface area (Å²) in [5.41, 5.74) is 4.52. The maximum Gasteiger partial charge on any atom is 0.268 e. The molecule has 0 radical (unpaired) electrons. The molecule has 1 saturated heterocycles. The maximum absolute atomic E-state index is 13.7. The molecule has 0 bridgehead atoms. The van der Waals surface area contributed by atoms with Gasteiger partial charge in [0, 0.05) is 74.2 Å². The first-order chi connectivity index (χ1) is 20.8. The zero-order valence-electron chi connectivity index (χ0n) is 24.2.